The molecule has 0 saturated heterocycles. The van der Waals surface area contributed by atoms with Crippen molar-refractivity contribution in [3.05, 3.63) is 66.0 Å². The Bertz CT molecular complexity index is 1240. The fourth-order valence-electron chi connectivity index (χ4n) is 3.40. The molecule has 4 rings (SSSR count). The first kappa shape index (κ1) is 19.0. The highest BCUT2D eigenvalue weighted by Gasteiger charge is 2.31. The second kappa shape index (κ2) is 7.25. The smallest absolute Gasteiger partial charge is 0.240 e. The summed E-state index contributed by atoms with van der Waals surface area (Å²) in [6.07, 6.45) is 4.88. The van der Waals surface area contributed by atoms with E-state index in [1.807, 2.05) is 24.3 Å². The predicted molar refractivity (Wildman–Crippen MR) is 111 cm³/mol. The molecule has 29 heavy (non-hydrogen) atoms. The molecule has 1 atom stereocenters. The second-order valence-electron chi connectivity index (χ2n) is 6.89. The van der Waals surface area contributed by atoms with Crippen LogP contribution in [0.3, 0.4) is 0 Å². The van der Waals surface area contributed by atoms with Gasteiger partial charge in [-0.05, 0) is 35.4 Å². The van der Waals surface area contributed by atoms with Gasteiger partial charge in [0.1, 0.15) is 0 Å². The van der Waals surface area contributed by atoms with E-state index in [1.54, 1.807) is 30.6 Å². The van der Waals surface area contributed by atoms with Gasteiger partial charge in [0.05, 0.1) is 29.0 Å². The molecule has 0 bridgehead atoms. The van der Waals surface area contributed by atoms with Crippen LogP contribution in [0.5, 0.6) is 0 Å². The summed E-state index contributed by atoms with van der Waals surface area (Å²) in [5, 5.41) is 5.98. The minimum atomic E-state index is -3.38. The lowest BCUT2D eigenvalue weighted by Crippen LogP contribution is -2.24. The van der Waals surface area contributed by atoms with Gasteiger partial charge in [0.25, 0.3) is 0 Å². The Hall–Kier alpha value is -3.33. The van der Waals surface area contributed by atoms with E-state index in [4.69, 9.17) is 0 Å². The van der Waals surface area contributed by atoms with E-state index in [0.717, 1.165) is 28.4 Å². The highest BCUT2D eigenvalue weighted by atomic mass is 32.2. The number of nitrogens with one attached hydrogen (secondary N) is 1. The van der Waals surface area contributed by atoms with Crippen molar-refractivity contribution < 1.29 is 13.2 Å². The lowest BCUT2D eigenvalue weighted by molar-refractivity contribution is -0.130. The molecule has 1 aliphatic heterocycles. The standard InChI is InChI=1S/C20H19N5O3S/c1-13(26)25-20(15-6-7-17-19(11-15)22-9-8-21-17)12-18(23-25)14-4-3-5-16(10-14)24-29(2,27)28/h3-11,20,24H,12H2,1-2H3/t20-/m0/s1. The van der Waals surface area contributed by atoms with E-state index in [1.165, 1.54) is 11.9 Å². The molecule has 1 N–H and O–H groups in total. The highest BCUT2D eigenvalue weighted by molar-refractivity contribution is 7.92. The number of aromatic nitrogens is 2. The van der Waals surface area contributed by atoms with Gasteiger partial charge in [-0.15, -0.1) is 0 Å². The van der Waals surface area contributed by atoms with Gasteiger partial charge in [-0.1, -0.05) is 18.2 Å². The van der Waals surface area contributed by atoms with Crippen molar-refractivity contribution in [2.75, 3.05) is 11.0 Å². The van der Waals surface area contributed by atoms with E-state index in [-0.39, 0.29) is 11.9 Å². The number of rotatable bonds is 4. The molecule has 2 aromatic carbocycles. The Kier molecular flexibility index (Phi) is 4.75. The number of amides is 1. The summed E-state index contributed by atoms with van der Waals surface area (Å²) in [5.74, 6) is -0.172. The number of benzene rings is 2. The Morgan fingerprint density at radius 3 is 2.59 bits per heavy atom. The zero-order valence-electron chi connectivity index (χ0n) is 15.9. The fraction of sp³-hybridized carbons (Fsp3) is 0.200. The van der Waals surface area contributed by atoms with E-state index in [0.29, 0.717) is 17.8 Å². The number of hydrazone groups is 1. The Labute approximate surface area is 168 Å². The van der Waals surface area contributed by atoms with Crippen molar-refractivity contribution in [3.8, 4) is 0 Å². The summed E-state index contributed by atoms with van der Waals surface area (Å²) >= 11 is 0. The van der Waals surface area contributed by atoms with Gasteiger partial charge in [0.2, 0.25) is 15.9 Å². The first-order chi connectivity index (χ1) is 13.8. The number of fused-ring (bicyclic) bond motifs is 1. The number of carbonyl (C=O) groups is 1. The van der Waals surface area contributed by atoms with Crippen molar-refractivity contribution in [3.63, 3.8) is 0 Å². The third-order valence-corrected chi connectivity index (χ3v) is 5.22. The largest absolute Gasteiger partial charge is 0.284 e. The maximum absolute atomic E-state index is 12.2. The average Bonchev–Trinajstić information content (AvgIpc) is 3.12. The molecule has 0 spiro atoms. The van der Waals surface area contributed by atoms with E-state index < -0.39 is 10.0 Å². The molecule has 0 unspecified atom stereocenters. The summed E-state index contributed by atoms with van der Waals surface area (Å²) in [7, 11) is -3.38. The van der Waals surface area contributed by atoms with Crippen LogP contribution in [-0.2, 0) is 14.8 Å². The van der Waals surface area contributed by atoms with Gasteiger partial charge in [0.15, 0.2) is 0 Å². The summed E-state index contributed by atoms with van der Waals surface area (Å²) < 4.78 is 25.5. The fourth-order valence-corrected chi connectivity index (χ4v) is 3.95. The van der Waals surface area contributed by atoms with Crippen molar-refractivity contribution in [1.82, 2.24) is 15.0 Å². The highest BCUT2D eigenvalue weighted by Crippen LogP contribution is 2.34. The normalized spacial score (nSPS) is 16.7. The van der Waals surface area contributed by atoms with Crippen LogP contribution in [0.1, 0.15) is 30.5 Å². The van der Waals surface area contributed by atoms with Gasteiger partial charge in [-0.3, -0.25) is 19.5 Å². The summed E-state index contributed by atoms with van der Waals surface area (Å²) in [6.45, 7) is 1.47. The average molecular weight is 409 g/mol. The molecule has 0 radical (unpaired) electrons. The molecule has 0 aliphatic carbocycles. The van der Waals surface area contributed by atoms with Crippen LogP contribution in [0.25, 0.3) is 11.0 Å². The van der Waals surface area contributed by atoms with Crippen LogP contribution in [0.4, 0.5) is 5.69 Å². The maximum Gasteiger partial charge on any atom is 0.240 e. The third kappa shape index (κ3) is 4.09. The number of hydrogen-bond acceptors (Lipinski definition) is 6. The molecule has 8 nitrogen and oxygen atoms in total. The zero-order valence-corrected chi connectivity index (χ0v) is 16.7. The SMILES string of the molecule is CC(=O)N1N=C(c2cccc(NS(C)(=O)=O)c2)C[C@H]1c1ccc2nccnc2c1. The Morgan fingerprint density at radius 2 is 1.86 bits per heavy atom. The molecule has 1 aliphatic rings. The molecule has 9 heteroatoms. The molecule has 0 saturated carbocycles. The summed E-state index contributed by atoms with van der Waals surface area (Å²) in [5.41, 5.74) is 4.36. The van der Waals surface area contributed by atoms with Crippen LogP contribution in [-0.4, -0.2) is 41.3 Å². The van der Waals surface area contributed by atoms with Crippen molar-refractivity contribution in [2.24, 2.45) is 5.10 Å². The first-order valence-corrected chi connectivity index (χ1v) is 10.9. The minimum Gasteiger partial charge on any atom is -0.284 e. The number of hydrogen-bond donors (Lipinski definition) is 1. The number of nitrogens with zero attached hydrogens (tertiary/aromatic N) is 4. The minimum absolute atomic E-state index is 0.172. The quantitative estimate of drug-likeness (QED) is 0.713. The van der Waals surface area contributed by atoms with Crippen molar-refractivity contribution in [1.29, 1.82) is 0 Å². The van der Waals surface area contributed by atoms with Crippen LogP contribution < -0.4 is 4.72 Å². The van der Waals surface area contributed by atoms with Gasteiger partial charge in [-0.2, -0.15) is 5.10 Å². The van der Waals surface area contributed by atoms with Crippen LogP contribution in [0.2, 0.25) is 0 Å². The van der Waals surface area contributed by atoms with Crippen LogP contribution >= 0.6 is 0 Å². The van der Waals surface area contributed by atoms with Gasteiger partial charge >= 0.3 is 0 Å². The number of sulfonamides is 1. The van der Waals surface area contributed by atoms with E-state index in [9.17, 15) is 13.2 Å². The van der Waals surface area contributed by atoms with Gasteiger partial charge in [0, 0.05) is 31.4 Å². The molecule has 0 fully saturated rings. The lowest BCUT2D eigenvalue weighted by atomic mass is 9.98. The van der Waals surface area contributed by atoms with E-state index in [2.05, 4.69) is 19.8 Å². The molecule has 1 amide bonds. The van der Waals surface area contributed by atoms with Gasteiger partial charge in [-0.25, -0.2) is 13.4 Å². The first-order valence-electron chi connectivity index (χ1n) is 8.96. The molecule has 148 valence electrons. The van der Waals surface area contributed by atoms with Crippen LogP contribution in [0, 0.1) is 0 Å². The van der Waals surface area contributed by atoms with E-state index >= 15 is 0 Å². The zero-order chi connectivity index (χ0) is 20.6. The van der Waals surface area contributed by atoms with Crippen molar-refractivity contribution in [2.45, 2.75) is 19.4 Å². The summed E-state index contributed by atoms with van der Waals surface area (Å²) in [6, 6.07) is 12.4. The predicted octanol–water partition coefficient (Wildman–Crippen LogP) is 2.70. The van der Waals surface area contributed by atoms with Crippen LogP contribution in [0.15, 0.2) is 60.0 Å². The molecular weight excluding hydrogens is 390 g/mol. The second-order valence-corrected chi connectivity index (χ2v) is 8.64. The molecule has 2 heterocycles. The lowest BCUT2D eigenvalue weighted by Gasteiger charge is -2.20. The number of carbonyl (C=O) groups excluding carboxylic acids is 1. The summed E-state index contributed by atoms with van der Waals surface area (Å²) in [4.78, 5) is 20.8. The topological polar surface area (TPSA) is 105 Å². The van der Waals surface area contributed by atoms with Gasteiger partial charge < -0.3 is 0 Å². The Morgan fingerprint density at radius 1 is 1.10 bits per heavy atom. The Balaban J connectivity index is 1.68. The monoisotopic (exact) mass is 409 g/mol. The van der Waals surface area contributed by atoms with Crippen molar-refractivity contribution >= 4 is 38.4 Å². The third-order valence-electron chi connectivity index (χ3n) is 4.61. The molecule has 3 aromatic rings. The molecular formula is C20H19N5O3S. The molecule has 1 aromatic heterocycles. The maximum atomic E-state index is 12.2. The number of anilines is 1.